The van der Waals surface area contributed by atoms with Crippen molar-refractivity contribution in [2.24, 2.45) is 5.92 Å². The van der Waals surface area contributed by atoms with Crippen LogP contribution in [-0.4, -0.2) is 82.2 Å². The van der Waals surface area contributed by atoms with Crippen LogP contribution < -0.4 is 10.6 Å². The monoisotopic (exact) mass is 531 g/mol. The standard InChI is InChI=1S/C25H36F3N3O6/c1-4-37-22(36)24-13-15(24)10-8-6-5-7-9-11-17(29-21(35)25(26,27)28)19(33)23(2,3)31-14-16(32)12-18(31)20(34)30-24/h8,10,15-18,32H,4-7,9,11-14H2,1-3H3,(H,29,35)(H,30,34)/b10-8-/t15-,16-,17+,18+,24-/m1/s1. The van der Waals surface area contributed by atoms with Gasteiger partial charge in [0.15, 0.2) is 5.78 Å². The number of carbonyl (C=O) groups excluding carboxylic acids is 4. The zero-order chi connectivity index (χ0) is 27.6. The normalized spacial score (nSPS) is 34.0. The van der Waals surface area contributed by atoms with E-state index in [0.29, 0.717) is 32.1 Å². The molecule has 37 heavy (non-hydrogen) atoms. The Balaban J connectivity index is 1.93. The number of allylic oxidation sites excluding steroid dienone is 1. The molecular formula is C25H36F3N3O6. The van der Waals surface area contributed by atoms with Gasteiger partial charge in [0, 0.05) is 12.5 Å². The molecule has 3 aliphatic rings. The molecule has 9 nitrogen and oxygen atoms in total. The van der Waals surface area contributed by atoms with E-state index in [-0.39, 0.29) is 31.9 Å². The number of hydrogen-bond acceptors (Lipinski definition) is 7. The number of fused-ring (bicyclic) bond motifs is 2. The lowest BCUT2D eigenvalue weighted by atomic mass is 9.87. The van der Waals surface area contributed by atoms with Crippen molar-refractivity contribution in [1.29, 1.82) is 0 Å². The molecule has 5 atom stereocenters. The van der Waals surface area contributed by atoms with Crippen LogP contribution in [-0.2, 0) is 23.9 Å². The Hall–Kier alpha value is -2.47. The summed E-state index contributed by atoms with van der Waals surface area (Å²) in [6, 6.07) is -2.44. The van der Waals surface area contributed by atoms with Gasteiger partial charge in [-0.25, -0.2) is 4.79 Å². The van der Waals surface area contributed by atoms with Crippen LogP contribution in [0.5, 0.6) is 0 Å². The van der Waals surface area contributed by atoms with Crippen molar-refractivity contribution in [3.63, 3.8) is 0 Å². The highest BCUT2D eigenvalue weighted by Gasteiger charge is 2.62. The number of halogens is 3. The summed E-state index contributed by atoms with van der Waals surface area (Å²) in [5.41, 5.74) is -2.74. The maximum atomic E-state index is 13.6. The number of alkyl halides is 3. The summed E-state index contributed by atoms with van der Waals surface area (Å²) in [6.07, 6.45) is 0.337. The van der Waals surface area contributed by atoms with Crippen LogP contribution in [0.2, 0.25) is 0 Å². The molecular weight excluding hydrogens is 495 g/mol. The first-order chi connectivity index (χ1) is 17.2. The topological polar surface area (TPSA) is 125 Å². The summed E-state index contributed by atoms with van der Waals surface area (Å²) in [4.78, 5) is 53.0. The van der Waals surface area contributed by atoms with Gasteiger partial charge in [-0.15, -0.1) is 0 Å². The predicted octanol–water partition coefficient (Wildman–Crippen LogP) is 1.77. The van der Waals surface area contributed by atoms with Crippen LogP contribution in [0.15, 0.2) is 12.2 Å². The van der Waals surface area contributed by atoms with E-state index in [1.54, 1.807) is 6.92 Å². The summed E-state index contributed by atoms with van der Waals surface area (Å²) < 4.78 is 44.2. The first-order valence-corrected chi connectivity index (χ1v) is 12.8. The second kappa shape index (κ2) is 11.1. The Labute approximate surface area is 214 Å². The molecule has 1 saturated heterocycles. The van der Waals surface area contributed by atoms with Crippen molar-refractivity contribution in [2.45, 2.75) is 101 Å². The number of Topliss-reactive ketones (excluding diaryl/α,β-unsaturated/α-hetero) is 1. The molecule has 0 aromatic heterocycles. The van der Waals surface area contributed by atoms with Crippen molar-refractivity contribution in [3.05, 3.63) is 12.2 Å². The molecule has 0 spiro atoms. The molecule has 3 N–H and O–H groups in total. The van der Waals surface area contributed by atoms with E-state index >= 15 is 0 Å². The van der Waals surface area contributed by atoms with E-state index in [1.165, 1.54) is 18.7 Å². The number of esters is 1. The number of hydrogen-bond donors (Lipinski definition) is 3. The average molecular weight is 532 g/mol. The number of nitrogens with zero attached hydrogens (tertiary/aromatic N) is 1. The Morgan fingerprint density at radius 1 is 1.24 bits per heavy atom. The van der Waals surface area contributed by atoms with Gasteiger partial charge in [0.25, 0.3) is 0 Å². The van der Waals surface area contributed by atoms with Crippen molar-refractivity contribution in [3.8, 4) is 0 Å². The van der Waals surface area contributed by atoms with Gasteiger partial charge in [-0.1, -0.05) is 25.0 Å². The first-order valence-electron chi connectivity index (χ1n) is 12.8. The minimum atomic E-state index is -5.15. The van der Waals surface area contributed by atoms with E-state index in [1.807, 2.05) is 17.5 Å². The average Bonchev–Trinajstić information content (AvgIpc) is 3.35. The number of ether oxygens (including phenoxy) is 1. The minimum absolute atomic E-state index is 0.00957. The van der Waals surface area contributed by atoms with Gasteiger partial charge in [-0.05, 0) is 52.9 Å². The number of carbonyl (C=O) groups is 4. The first kappa shape index (κ1) is 29.1. The van der Waals surface area contributed by atoms with Crippen LogP contribution in [0.3, 0.4) is 0 Å². The number of aliphatic hydroxyl groups is 1. The number of aliphatic hydroxyl groups excluding tert-OH is 1. The van der Waals surface area contributed by atoms with E-state index in [2.05, 4.69) is 5.32 Å². The molecule has 2 heterocycles. The molecule has 2 amide bonds. The van der Waals surface area contributed by atoms with Crippen molar-refractivity contribution in [2.75, 3.05) is 13.2 Å². The van der Waals surface area contributed by atoms with Gasteiger partial charge in [-0.2, -0.15) is 13.2 Å². The molecule has 0 radical (unpaired) electrons. The van der Waals surface area contributed by atoms with E-state index < -0.39 is 59.0 Å². The van der Waals surface area contributed by atoms with E-state index in [9.17, 15) is 37.5 Å². The van der Waals surface area contributed by atoms with Crippen molar-refractivity contribution >= 4 is 23.6 Å². The fraction of sp³-hybridized carbons (Fsp3) is 0.760. The van der Waals surface area contributed by atoms with E-state index in [0.717, 1.165) is 0 Å². The largest absolute Gasteiger partial charge is 0.471 e. The number of nitrogens with one attached hydrogen (secondary N) is 2. The molecule has 2 fully saturated rings. The zero-order valence-electron chi connectivity index (χ0n) is 21.4. The molecule has 2 aliphatic heterocycles. The smallest absolute Gasteiger partial charge is 0.464 e. The lowest BCUT2D eigenvalue weighted by Crippen LogP contribution is -2.62. The minimum Gasteiger partial charge on any atom is -0.464 e. The van der Waals surface area contributed by atoms with Gasteiger partial charge in [0.05, 0.1) is 30.3 Å². The summed E-state index contributed by atoms with van der Waals surface area (Å²) in [6.45, 7) is 4.65. The molecule has 0 unspecified atom stereocenters. The lowest BCUT2D eigenvalue weighted by Gasteiger charge is -2.40. The molecule has 0 aromatic rings. The third-order valence-corrected chi connectivity index (χ3v) is 7.51. The van der Waals surface area contributed by atoms with Crippen molar-refractivity contribution in [1.82, 2.24) is 15.5 Å². The number of rotatable bonds is 3. The number of amides is 2. The third kappa shape index (κ3) is 6.34. The number of β-amino-alcohol motifs (C(OH)–C–C–N with tert-alkyl or cyclic N) is 1. The van der Waals surface area contributed by atoms with Crippen LogP contribution in [0.4, 0.5) is 13.2 Å². The predicted molar refractivity (Wildman–Crippen MR) is 126 cm³/mol. The molecule has 3 rings (SSSR count). The van der Waals surface area contributed by atoms with Crippen LogP contribution in [0, 0.1) is 5.92 Å². The fourth-order valence-electron chi connectivity index (χ4n) is 5.32. The van der Waals surface area contributed by atoms with Gasteiger partial charge in [0.2, 0.25) is 5.91 Å². The van der Waals surface area contributed by atoms with Gasteiger partial charge in [0.1, 0.15) is 5.54 Å². The van der Waals surface area contributed by atoms with Crippen molar-refractivity contribution < 1.29 is 42.2 Å². The van der Waals surface area contributed by atoms with Gasteiger partial charge < -0.3 is 20.5 Å². The van der Waals surface area contributed by atoms with Crippen LogP contribution in [0.25, 0.3) is 0 Å². The molecule has 1 saturated carbocycles. The quantitative estimate of drug-likeness (QED) is 0.375. The van der Waals surface area contributed by atoms with Crippen LogP contribution in [0.1, 0.15) is 65.7 Å². The second-order valence-corrected chi connectivity index (χ2v) is 10.6. The summed E-state index contributed by atoms with van der Waals surface area (Å²) in [5, 5.41) is 15.0. The Morgan fingerprint density at radius 3 is 2.59 bits per heavy atom. The fourth-order valence-corrected chi connectivity index (χ4v) is 5.32. The maximum absolute atomic E-state index is 13.6. The maximum Gasteiger partial charge on any atom is 0.471 e. The molecule has 0 bridgehead atoms. The second-order valence-electron chi connectivity index (χ2n) is 10.6. The van der Waals surface area contributed by atoms with Gasteiger partial charge in [-0.3, -0.25) is 19.3 Å². The highest BCUT2D eigenvalue weighted by Crippen LogP contribution is 2.46. The highest BCUT2D eigenvalue weighted by atomic mass is 19.4. The zero-order valence-corrected chi connectivity index (χ0v) is 21.4. The molecule has 0 aromatic carbocycles. The molecule has 1 aliphatic carbocycles. The Kier molecular flexibility index (Phi) is 8.73. The number of ketones is 1. The Morgan fingerprint density at radius 2 is 1.95 bits per heavy atom. The SMILES string of the molecule is CCOC(=O)[C@@]12C[C@H]1/C=C\CCCCC[C@H](NC(=O)C(F)(F)F)C(=O)C(C)(C)N1C[C@H](O)C[C@H]1C(=O)N2. The molecule has 12 heteroatoms. The summed E-state index contributed by atoms with van der Waals surface area (Å²) >= 11 is 0. The van der Waals surface area contributed by atoms with E-state index in [4.69, 9.17) is 4.74 Å². The highest BCUT2D eigenvalue weighted by molar-refractivity contribution is 5.98. The summed E-state index contributed by atoms with van der Waals surface area (Å²) in [5.74, 6) is -4.28. The molecule has 208 valence electrons. The summed E-state index contributed by atoms with van der Waals surface area (Å²) in [7, 11) is 0. The lowest BCUT2D eigenvalue weighted by molar-refractivity contribution is -0.175. The third-order valence-electron chi connectivity index (χ3n) is 7.51. The van der Waals surface area contributed by atoms with Crippen LogP contribution >= 0.6 is 0 Å². The Bertz CT molecular complexity index is 937. The van der Waals surface area contributed by atoms with Gasteiger partial charge >= 0.3 is 18.1 Å².